The molecular weight excluding hydrogens is 455 g/mol. The van der Waals surface area contributed by atoms with E-state index < -0.39 is 0 Å². The van der Waals surface area contributed by atoms with Gasteiger partial charge in [0.2, 0.25) is 0 Å². The van der Waals surface area contributed by atoms with E-state index in [-0.39, 0.29) is 29.7 Å². The number of fused-ring (bicyclic) bond motifs is 1. The number of aryl methyl sites for hydroxylation is 2. The van der Waals surface area contributed by atoms with Crippen LogP contribution in [0.5, 0.6) is 0 Å². The van der Waals surface area contributed by atoms with Crippen molar-refractivity contribution in [2.45, 2.75) is 78.8 Å². The molecule has 1 aromatic heterocycles. The van der Waals surface area contributed by atoms with Crippen molar-refractivity contribution in [3.63, 3.8) is 0 Å². The van der Waals surface area contributed by atoms with E-state index in [4.69, 9.17) is 0 Å². The Hall–Kier alpha value is -1.06. The minimum Gasteiger partial charge on any atom is -0.357 e. The Morgan fingerprint density at radius 1 is 1.22 bits per heavy atom. The number of aliphatic imine (C=N–C) groups is 1. The lowest BCUT2D eigenvalue weighted by Gasteiger charge is -2.11. The van der Waals surface area contributed by atoms with Crippen LogP contribution in [0.2, 0.25) is 0 Å². The zero-order valence-electron chi connectivity index (χ0n) is 17.2. The quantitative estimate of drug-likeness (QED) is 0.228. The largest absolute Gasteiger partial charge is 0.357 e. The lowest BCUT2D eigenvalue weighted by molar-refractivity contribution is 0.509. The second-order valence-corrected chi connectivity index (χ2v) is 7.46. The Morgan fingerprint density at radius 2 is 2.04 bits per heavy atom. The molecule has 0 bridgehead atoms. The standard InChI is InChI=1S/C19H36N6O.HI/c1-4-20-18(21-12-7-5-10-16(2)3)22-13-9-15-25-19(26)24-14-8-6-11-17(24)23-25;/h16H,4-15H2,1-3H3,(H2,20,21,22);1H. The molecule has 1 aromatic rings. The van der Waals surface area contributed by atoms with Crippen molar-refractivity contribution in [2.24, 2.45) is 10.9 Å². The maximum Gasteiger partial charge on any atom is 0.345 e. The molecule has 0 aromatic carbocycles. The van der Waals surface area contributed by atoms with Gasteiger partial charge in [0.25, 0.3) is 0 Å². The first-order valence-corrected chi connectivity index (χ1v) is 10.3. The van der Waals surface area contributed by atoms with Crippen molar-refractivity contribution in [3.8, 4) is 0 Å². The highest BCUT2D eigenvalue weighted by Gasteiger charge is 2.16. The molecule has 0 amide bonds. The summed E-state index contributed by atoms with van der Waals surface area (Å²) >= 11 is 0. The van der Waals surface area contributed by atoms with Gasteiger partial charge in [-0.15, -0.1) is 24.0 Å². The van der Waals surface area contributed by atoms with Gasteiger partial charge in [-0.05, 0) is 38.5 Å². The smallest absolute Gasteiger partial charge is 0.345 e. The summed E-state index contributed by atoms with van der Waals surface area (Å²) in [5.41, 5.74) is 0.0406. The molecule has 0 radical (unpaired) electrons. The summed E-state index contributed by atoms with van der Waals surface area (Å²) in [7, 11) is 0. The molecule has 2 N–H and O–H groups in total. The molecule has 0 atom stereocenters. The summed E-state index contributed by atoms with van der Waals surface area (Å²) in [6, 6.07) is 0. The van der Waals surface area contributed by atoms with Crippen LogP contribution >= 0.6 is 24.0 Å². The van der Waals surface area contributed by atoms with Gasteiger partial charge in [0.05, 0.1) is 0 Å². The minimum atomic E-state index is 0. The number of nitrogens with one attached hydrogen (secondary N) is 2. The summed E-state index contributed by atoms with van der Waals surface area (Å²) in [5, 5.41) is 11.2. The summed E-state index contributed by atoms with van der Waals surface area (Å²) in [6.07, 6.45) is 7.65. The van der Waals surface area contributed by atoms with E-state index in [0.717, 1.165) is 69.4 Å². The van der Waals surface area contributed by atoms with Gasteiger partial charge >= 0.3 is 5.69 Å². The second kappa shape index (κ2) is 13.2. The second-order valence-electron chi connectivity index (χ2n) is 7.46. The average molecular weight is 492 g/mol. The molecule has 7 nitrogen and oxygen atoms in total. The fraction of sp³-hybridized carbons (Fsp3) is 0.842. The van der Waals surface area contributed by atoms with Crippen LogP contribution < -0.4 is 16.3 Å². The Labute approximate surface area is 180 Å². The number of nitrogens with zero attached hydrogens (tertiary/aromatic N) is 4. The molecule has 0 unspecified atom stereocenters. The molecular formula is C19H37IN6O. The molecule has 0 aliphatic carbocycles. The van der Waals surface area contributed by atoms with E-state index in [1.165, 1.54) is 12.8 Å². The number of aromatic nitrogens is 3. The SMILES string of the molecule is CCNC(=NCCCn1nc2n(c1=O)CCCC2)NCCCCC(C)C.I. The van der Waals surface area contributed by atoms with E-state index in [0.29, 0.717) is 13.1 Å². The van der Waals surface area contributed by atoms with Crippen molar-refractivity contribution < 1.29 is 0 Å². The van der Waals surface area contributed by atoms with Gasteiger partial charge in [-0.2, -0.15) is 5.10 Å². The third-order valence-corrected chi connectivity index (χ3v) is 4.67. The Balaban J connectivity index is 0.00000364. The number of rotatable bonds is 10. The molecule has 0 saturated heterocycles. The van der Waals surface area contributed by atoms with Gasteiger partial charge in [0.15, 0.2) is 5.96 Å². The first kappa shape index (κ1) is 24.0. The van der Waals surface area contributed by atoms with Crippen molar-refractivity contribution in [3.05, 3.63) is 16.3 Å². The van der Waals surface area contributed by atoms with E-state index in [9.17, 15) is 4.79 Å². The highest BCUT2D eigenvalue weighted by Crippen LogP contribution is 2.09. The predicted molar refractivity (Wildman–Crippen MR) is 122 cm³/mol. The normalized spacial score (nSPS) is 14.0. The van der Waals surface area contributed by atoms with Crippen LogP contribution in [0.15, 0.2) is 9.79 Å². The summed E-state index contributed by atoms with van der Waals surface area (Å²) in [4.78, 5) is 16.9. The third kappa shape index (κ3) is 8.23. The Morgan fingerprint density at radius 3 is 2.74 bits per heavy atom. The van der Waals surface area contributed by atoms with Gasteiger partial charge in [-0.1, -0.05) is 26.7 Å². The zero-order chi connectivity index (χ0) is 18.8. The molecule has 2 heterocycles. The Bertz CT molecular complexity index is 622. The van der Waals surface area contributed by atoms with Gasteiger partial charge in [0, 0.05) is 39.1 Å². The highest BCUT2D eigenvalue weighted by molar-refractivity contribution is 14.0. The van der Waals surface area contributed by atoms with Gasteiger partial charge in [0.1, 0.15) is 5.82 Å². The minimum absolute atomic E-state index is 0. The molecule has 27 heavy (non-hydrogen) atoms. The van der Waals surface area contributed by atoms with Crippen molar-refractivity contribution in [1.82, 2.24) is 25.0 Å². The monoisotopic (exact) mass is 492 g/mol. The molecule has 1 aliphatic rings. The zero-order valence-corrected chi connectivity index (χ0v) is 19.5. The van der Waals surface area contributed by atoms with E-state index in [1.54, 1.807) is 4.68 Å². The third-order valence-electron chi connectivity index (χ3n) is 4.67. The Kier molecular flexibility index (Phi) is 11.7. The van der Waals surface area contributed by atoms with Crippen molar-refractivity contribution in [1.29, 1.82) is 0 Å². The fourth-order valence-electron chi connectivity index (χ4n) is 3.23. The summed E-state index contributed by atoms with van der Waals surface area (Å²) in [5.74, 6) is 2.59. The van der Waals surface area contributed by atoms with Crippen LogP contribution in [0.3, 0.4) is 0 Å². The first-order valence-electron chi connectivity index (χ1n) is 10.3. The van der Waals surface area contributed by atoms with Crippen LogP contribution in [0, 0.1) is 5.92 Å². The predicted octanol–water partition coefficient (Wildman–Crippen LogP) is 2.77. The summed E-state index contributed by atoms with van der Waals surface area (Å²) < 4.78 is 3.44. The number of halogens is 1. The molecule has 2 rings (SSSR count). The van der Waals surface area contributed by atoms with E-state index in [1.807, 2.05) is 4.57 Å². The average Bonchev–Trinajstić information content (AvgIpc) is 2.94. The number of hydrogen-bond donors (Lipinski definition) is 2. The lowest BCUT2D eigenvalue weighted by atomic mass is 10.1. The summed E-state index contributed by atoms with van der Waals surface area (Å²) in [6.45, 7) is 10.5. The number of hydrogen-bond acceptors (Lipinski definition) is 3. The molecule has 156 valence electrons. The molecule has 0 saturated carbocycles. The maximum absolute atomic E-state index is 12.3. The first-order chi connectivity index (χ1) is 12.6. The fourth-order valence-corrected chi connectivity index (χ4v) is 3.23. The maximum atomic E-state index is 12.3. The highest BCUT2D eigenvalue weighted by atomic mass is 127. The number of guanidine groups is 1. The van der Waals surface area contributed by atoms with Crippen LogP contribution in [-0.4, -0.2) is 39.9 Å². The molecule has 0 spiro atoms. The van der Waals surface area contributed by atoms with Crippen LogP contribution in [-0.2, 0) is 19.5 Å². The van der Waals surface area contributed by atoms with Gasteiger partial charge in [-0.25, -0.2) is 9.48 Å². The topological polar surface area (TPSA) is 76.2 Å². The van der Waals surface area contributed by atoms with E-state index >= 15 is 0 Å². The lowest BCUT2D eigenvalue weighted by Crippen LogP contribution is -2.38. The molecule has 1 aliphatic heterocycles. The van der Waals surface area contributed by atoms with Crippen molar-refractivity contribution >= 4 is 29.9 Å². The van der Waals surface area contributed by atoms with Crippen LogP contribution in [0.1, 0.15) is 65.1 Å². The molecule has 0 fully saturated rings. The van der Waals surface area contributed by atoms with Crippen LogP contribution in [0.25, 0.3) is 0 Å². The van der Waals surface area contributed by atoms with Crippen molar-refractivity contribution in [2.75, 3.05) is 19.6 Å². The molecule has 8 heteroatoms. The number of unbranched alkanes of at least 4 members (excludes halogenated alkanes) is 1. The van der Waals surface area contributed by atoms with Gasteiger partial charge < -0.3 is 10.6 Å². The van der Waals surface area contributed by atoms with Gasteiger partial charge in [-0.3, -0.25) is 9.56 Å². The van der Waals surface area contributed by atoms with Crippen LogP contribution in [0.4, 0.5) is 0 Å². The van der Waals surface area contributed by atoms with E-state index in [2.05, 4.69) is 41.5 Å².